The maximum Gasteiger partial charge on any atom is 0.00982 e. The van der Waals surface area contributed by atoms with Crippen LogP contribution < -0.4 is 5.32 Å². The van der Waals surface area contributed by atoms with Gasteiger partial charge in [-0.15, -0.1) is 0 Å². The van der Waals surface area contributed by atoms with Gasteiger partial charge in [0.25, 0.3) is 0 Å². The Labute approximate surface area is 111 Å². The van der Waals surface area contributed by atoms with Gasteiger partial charge in [-0.3, -0.25) is 0 Å². The van der Waals surface area contributed by atoms with Gasteiger partial charge in [0.05, 0.1) is 0 Å². The summed E-state index contributed by atoms with van der Waals surface area (Å²) in [6.07, 6.45) is 9.76. The first-order valence-electron chi connectivity index (χ1n) is 7.61. The maximum atomic E-state index is 3.60. The van der Waals surface area contributed by atoms with Crippen molar-refractivity contribution in [1.82, 2.24) is 5.32 Å². The Morgan fingerprint density at radius 1 is 1.17 bits per heavy atom. The van der Waals surface area contributed by atoms with Gasteiger partial charge in [-0.25, -0.2) is 0 Å². The lowest BCUT2D eigenvalue weighted by Crippen LogP contribution is -2.39. The van der Waals surface area contributed by atoms with Crippen molar-refractivity contribution in [2.45, 2.75) is 51.0 Å². The van der Waals surface area contributed by atoms with Crippen molar-refractivity contribution >= 4 is 0 Å². The fourth-order valence-electron chi connectivity index (χ4n) is 3.70. The Kier molecular flexibility index (Phi) is 3.69. The molecule has 3 rings (SSSR count). The minimum Gasteiger partial charge on any atom is -0.317 e. The summed E-state index contributed by atoms with van der Waals surface area (Å²) in [4.78, 5) is 0. The van der Waals surface area contributed by atoms with E-state index in [0.717, 1.165) is 17.9 Å². The summed E-state index contributed by atoms with van der Waals surface area (Å²) in [5.41, 5.74) is 3.19. The highest BCUT2D eigenvalue weighted by Crippen LogP contribution is 2.35. The van der Waals surface area contributed by atoms with E-state index in [2.05, 4.69) is 36.6 Å². The normalized spacial score (nSPS) is 25.3. The van der Waals surface area contributed by atoms with Crippen molar-refractivity contribution in [3.8, 4) is 0 Å². The monoisotopic (exact) mass is 243 g/mol. The third-order valence-electron chi connectivity index (χ3n) is 5.14. The van der Waals surface area contributed by atoms with Crippen molar-refractivity contribution in [1.29, 1.82) is 0 Å². The molecule has 2 atom stereocenters. The quantitative estimate of drug-likeness (QED) is 0.852. The molecule has 1 fully saturated rings. The number of fused-ring (bicyclic) bond motifs is 1. The molecule has 1 saturated carbocycles. The number of hydrogen-bond acceptors (Lipinski definition) is 1. The van der Waals surface area contributed by atoms with E-state index in [1.54, 1.807) is 11.1 Å². The van der Waals surface area contributed by atoms with Crippen molar-refractivity contribution < 1.29 is 0 Å². The van der Waals surface area contributed by atoms with Crippen LogP contribution in [0.5, 0.6) is 0 Å². The molecule has 2 aliphatic carbocycles. The summed E-state index contributed by atoms with van der Waals surface area (Å²) < 4.78 is 0. The number of hydrogen-bond donors (Lipinski definition) is 1. The van der Waals surface area contributed by atoms with E-state index < -0.39 is 0 Å². The minimum atomic E-state index is 0.739. The van der Waals surface area contributed by atoms with Gasteiger partial charge >= 0.3 is 0 Å². The number of nitrogens with one attached hydrogen (secondary N) is 1. The Hall–Kier alpha value is -0.820. The summed E-state index contributed by atoms with van der Waals surface area (Å²) in [7, 11) is 2.16. The van der Waals surface area contributed by atoms with E-state index in [1.165, 1.54) is 44.9 Å². The van der Waals surface area contributed by atoms with E-state index >= 15 is 0 Å². The average molecular weight is 243 g/mol. The molecule has 0 heterocycles. The van der Waals surface area contributed by atoms with Gasteiger partial charge < -0.3 is 5.32 Å². The van der Waals surface area contributed by atoms with Gasteiger partial charge in [-0.1, -0.05) is 43.5 Å². The van der Waals surface area contributed by atoms with Crippen LogP contribution in [-0.4, -0.2) is 13.1 Å². The van der Waals surface area contributed by atoms with Gasteiger partial charge in [-0.2, -0.15) is 0 Å². The Bertz CT molecular complexity index is 394. The summed E-state index contributed by atoms with van der Waals surface area (Å²) in [5, 5.41) is 3.60. The van der Waals surface area contributed by atoms with Crippen molar-refractivity contribution in [3.63, 3.8) is 0 Å². The second kappa shape index (κ2) is 5.44. The second-order valence-corrected chi connectivity index (χ2v) is 6.20. The fourth-order valence-corrected chi connectivity index (χ4v) is 3.70. The van der Waals surface area contributed by atoms with E-state index in [1.807, 2.05) is 0 Å². The molecule has 0 bridgehead atoms. The number of aryl methyl sites for hydroxylation is 1. The smallest absolute Gasteiger partial charge is 0.00982 e. The summed E-state index contributed by atoms with van der Waals surface area (Å²) in [6, 6.07) is 9.76. The molecule has 0 aliphatic heterocycles. The van der Waals surface area contributed by atoms with Crippen molar-refractivity contribution in [3.05, 3.63) is 35.4 Å². The molecule has 1 nitrogen and oxygen atoms in total. The molecule has 1 N–H and O–H groups in total. The van der Waals surface area contributed by atoms with Crippen molar-refractivity contribution in [2.24, 2.45) is 11.8 Å². The zero-order valence-electron chi connectivity index (χ0n) is 11.5. The van der Waals surface area contributed by atoms with Crippen LogP contribution >= 0.6 is 0 Å². The Morgan fingerprint density at radius 2 is 1.94 bits per heavy atom. The van der Waals surface area contributed by atoms with Gasteiger partial charge in [0.2, 0.25) is 0 Å². The van der Waals surface area contributed by atoms with Crippen LogP contribution in [0.3, 0.4) is 0 Å². The first kappa shape index (κ1) is 12.2. The molecule has 0 aromatic heterocycles. The van der Waals surface area contributed by atoms with E-state index in [9.17, 15) is 0 Å². The van der Waals surface area contributed by atoms with E-state index in [4.69, 9.17) is 0 Å². The van der Waals surface area contributed by atoms with Crippen LogP contribution in [0.25, 0.3) is 0 Å². The molecular formula is C17H25N. The van der Waals surface area contributed by atoms with Crippen LogP contribution in [0.4, 0.5) is 0 Å². The molecule has 0 radical (unpaired) electrons. The lowest BCUT2D eigenvalue weighted by molar-refractivity contribution is 0.218. The van der Waals surface area contributed by atoms with Gasteiger partial charge in [0, 0.05) is 6.04 Å². The molecule has 0 spiro atoms. The SMILES string of the molecule is CNC(CC1CCC1)C1CCc2ccccc2C1. The largest absolute Gasteiger partial charge is 0.317 e. The molecule has 2 unspecified atom stereocenters. The topological polar surface area (TPSA) is 12.0 Å². The Morgan fingerprint density at radius 3 is 2.61 bits per heavy atom. The van der Waals surface area contributed by atoms with Gasteiger partial charge in [0.1, 0.15) is 0 Å². The third-order valence-corrected chi connectivity index (χ3v) is 5.14. The van der Waals surface area contributed by atoms with Gasteiger partial charge in [0.15, 0.2) is 0 Å². The van der Waals surface area contributed by atoms with Crippen LogP contribution in [0.1, 0.15) is 43.2 Å². The lowest BCUT2D eigenvalue weighted by atomic mass is 9.74. The Balaban J connectivity index is 1.65. The molecule has 1 aromatic rings. The maximum absolute atomic E-state index is 3.60. The minimum absolute atomic E-state index is 0.739. The summed E-state index contributed by atoms with van der Waals surface area (Å²) >= 11 is 0. The highest BCUT2D eigenvalue weighted by atomic mass is 14.9. The zero-order valence-corrected chi connectivity index (χ0v) is 11.5. The van der Waals surface area contributed by atoms with Crippen LogP contribution in [0.15, 0.2) is 24.3 Å². The second-order valence-electron chi connectivity index (χ2n) is 6.20. The van der Waals surface area contributed by atoms with Crippen molar-refractivity contribution in [2.75, 3.05) is 7.05 Å². The summed E-state index contributed by atoms with van der Waals surface area (Å²) in [6.45, 7) is 0. The average Bonchev–Trinajstić information content (AvgIpc) is 2.37. The molecule has 2 aliphatic rings. The molecule has 0 amide bonds. The predicted molar refractivity (Wildman–Crippen MR) is 76.8 cm³/mol. The molecule has 1 heteroatoms. The van der Waals surface area contributed by atoms with E-state index in [-0.39, 0.29) is 0 Å². The van der Waals surface area contributed by atoms with Gasteiger partial charge in [-0.05, 0) is 55.7 Å². The zero-order chi connectivity index (χ0) is 12.4. The third kappa shape index (κ3) is 2.47. The number of rotatable bonds is 4. The molecule has 0 saturated heterocycles. The first-order chi connectivity index (χ1) is 8.86. The predicted octanol–water partition coefficient (Wildman–Crippen LogP) is 3.57. The molecule has 18 heavy (non-hydrogen) atoms. The summed E-state index contributed by atoms with van der Waals surface area (Å²) in [5.74, 6) is 1.87. The van der Waals surface area contributed by atoms with Crippen LogP contribution in [0, 0.1) is 11.8 Å². The molecule has 1 aromatic carbocycles. The fraction of sp³-hybridized carbons (Fsp3) is 0.647. The van der Waals surface area contributed by atoms with Crippen LogP contribution in [0.2, 0.25) is 0 Å². The highest BCUT2D eigenvalue weighted by Gasteiger charge is 2.29. The van der Waals surface area contributed by atoms with E-state index in [0.29, 0.717) is 0 Å². The first-order valence-corrected chi connectivity index (χ1v) is 7.61. The lowest BCUT2D eigenvalue weighted by Gasteiger charge is -2.36. The van der Waals surface area contributed by atoms with Crippen LogP contribution in [-0.2, 0) is 12.8 Å². The standard InChI is InChI=1S/C17H25N/c1-18-17(11-13-5-4-6-13)16-10-9-14-7-2-3-8-15(14)12-16/h2-3,7-8,13,16-18H,4-6,9-12H2,1H3. The molecular weight excluding hydrogens is 218 g/mol. The molecule has 98 valence electrons. The highest BCUT2D eigenvalue weighted by molar-refractivity contribution is 5.30. The number of benzene rings is 1.